The Morgan fingerprint density at radius 1 is 1.43 bits per heavy atom. The van der Waals surface area contributed by atoms with Crippen LogP contribution in [0.4, 0.5) is 0 Å². The lowest BCUT2D eigenvalue weighted by atomic mass is 10.1. The highest BCUT2D eigenvalue weighted by atomic mass is 16.3. The first kappa shape index (κ1) is 9.09. The Morgan fingerprint density at radius 3 is 2.79 bits per heavy atom. The first-order valence-corrected chi connectivity index (χ1v) is 4.66. The number of aromatic amines is 1. The molecule has 0 bridgehead atoms. The molecule has 3 nitrogen and oxygen atoms in total. The number of nitrogens with two attached hydrogens (primary N) is 1. The van der Waals surface area contributed by atoms with Crippen molar-refractivity contribution in [3.8, 4) is 5.75 Å². The molecular weight excluding hydrogens is 176 g/mol. The third kappa shape index (κ3) is 1.26. The molecule has 14 heavy (non-hydrogen) atoms. The minimum absolute atomic E-state index is 0.0226. The second kappa shape index (κ2) is 3.03. The zero-order valence-corrected chi connectivity index (χ0v) is 8.33. The van der Waals surface area contributed by atoms with Crippen LogP contribution < -0.4 is 5.73 Å². The second-order valence-electron chi connectivity index (χ2n) is 3.68. The molecule has 0 spiro atoms. The molecule has 0 amide bonds. The second-order valence-corrected chi connectivity index (χ2v) is 3.68. The first-order chi connectivity index (χ1) is 6.59. The van der Waals surface area contributed by atoms with Gasteiger partial charge in [0, 0.05) is 22.6 Å². The molecule has 0 aliphatic carbocycles. The highest BCUT2D eigenvalue weighted by Gasteiger charge is 2.11. The molecule has 0 aliphatic heterocycles. The topological polar surface area (TPSA) is 62.0 Å². The highest BCUT2D eigenvalue weighted by Crippen LogP contribution is 2.28. The van der Waals surface area contributed by atoms with Gasteiger partial charge in [0.2, 0.25) is 0 Å². The molecule has 2 rings (SSSR count). The van der Waals surface area contributed by atoms with Gasteiger partial charge in [0.15, 0.2) is 0 Å². The van der Waals surface area contributed by atoms with Crippen LogP contribution in [0.2, 0.25) is 0 Å². The zero-order valence-electron chi connectivity index (χ0n) is 8.33. The Hall–Kier alpha value is -1.48. The third-order valence-corrected chi connectivity index (χ3v) is 2.47. The molecule has 1 aromatic carbocycles. The van der Waals surface area contributed by atoms with E-state index < -0.39 is 0 Å². The number of benzene rings is 1. The predicted molar refractivity (Wildman–Crippen MR) is 57.3 cm³/mol. The van der Waals surface area contributed by atoms with Gasteiger partial charge in [0.1, 0.15) is 5.75 Å². The molecule has 3 heteroatoms. The summed E-state index contributed by atoms with van der Waals surface area (Å²) in [6.45, 7) is 3.94. The van der Waals surface area contributed by atoms with Crippen molar-refractivity contribution in [2.24, 2.45) is 5.73 Å². The summed E-state index contributed by atoms with van der Waals surface area (Å²) < 4.78 is 0. The van der Waals surface area contributed by atoms with Crippen LogP contribution in [0.15, 0.2) is 18.2 Å². The van der Waals surface area contributed by atoms with E-state index in [0.717, 1.165) is 22.2 Å². The molecule has 74 valence electrons. The molecular formula is C11H14N2O. The summed E-state index contributed by atoms with van der Waals surface area (Å²) in [5.41, 5.74) is 9.04. The van der Waals surface area contributed by atoms with Crippen LogP contribution in [0.1, 0.15) is 24.2 Å². The maximum absolute atomic E-state index is 9.39. The van der Waals surface area contributed by atoms with Crippen molar-refractivity contribution in [1.82, 2.24) is 4.98 Å². The van der Waals surface area contributed by atoms with Crippen molar-refractivity contribution >= 4 is 10.9 Å². The van der Waals surface area contributed by atoms with Crippen LogP contribution in [0.3, 0.4) is 0 Å². The van der Waals surface area contributed by atoms with E-state index in [4.69, 9.17) is 5.73 Å². The van der Waals surface area contributed by atoms with E-state index in [2.05, 4.69) is 4.98 Å². The standard InChI is InChI=1S/C11H14N2O/c1-6(12)11-7(2)13-10-4-3-8(14)5-9(10)11/h3-6,13-14H,12H2,1-2H3. The van der Waals surface area contributed by atoms with Crippen molar-refractivity contribution in [3.05, 3.63) is 29.5 Å². The molecule has 1 heterocycles. The molecule has 2 aromatic rings. The first-order valence-electron chi connectivity index (χ1n) is 4.66. The monoisotopic (exact) mass is 190 g/mol. The summed E-state index contributed by atoms with van der Waals surface area (Å²) in [5, 5.41) is 10.4. The summed E-state index contributed by atoms with van der Waals surface area (Å²) in [5.74, 6) is 0.276. The van der Waals surface area contributed by atoms with E-state index in [9.17, 15) is 5.11 Å². The van der Waals surface area contributed by atoms with Gasteiger partial charge >= 0.3 is 0 Å². The summed E-state index contributed by atoms with van der Waals surface area (Å²) in [6.07, 6.45) is 0. The van der Waals surface area contributed by atoms with Crippen molar-refractivity contribution in [2.75, 3.05) is 0 Å². The van der Waals surface area contributed by atoms with Gasteiger partial charge in [-0.3, -0.25) is 0 Å². The maximum Gasteiger partial charge on any atom is 0.116 e. The SMILES string of the molecule is Cc1[nH]c2ccc(O)cc2c1C(C)N. The van der Waals surface area contributed by atoms with Gasteiger partial charge in [-0.15, -0.1) is 0 Å². The molecule has 1 unspecified atom stereocenters. The minimum atomic E-state index is -0.0226. The Morgan fingerprint density at radius 2 is 2.14 bits per heavy atom. The molecule has 0 aliphatic rings. The number of hydrogen-bond donors (Lipinski definition) is 3. The number of aryl methyl sites for hydroxylation is 1. The Balaban J connectivity index is 2.79. The van der Waals surface area contributed by atoms with Crippen LogP contribution in [0, 0.1) is 6.92 Å². The Bertz CT molecular complexity index is 471. The van der Waals surface area contributed by atoms with Crippen molar-refractivity contribution in [2.45, 2.75) is 19.9 Å². The van der Waals surface area contributed by atoms with E-state index in [1.807, 2.05) is 19.9 Å². The highest BCUT2D eigenvalue weighted by molar-refractivity contribution is 5.86. The smallest absolute Gasteiger partial charge is 0.116 e. The van der Waals surface area contributed by atoms with Crippen molar-refractivity contribution in [3.63, 3.8) is 0 Å². The van der Waals surface area contributed by atoms with Gasteiger partial charge in [-0.1, -0.05) is 0 Å². The zero-order chi connectivity index (χ0) is 10.3. The molecule has 4 N–H and O–H groups in total. The predicted octanol–water partition coefficient (Wildman–Crippen LogP) is 2.20. The lowest BCUT2D eigenvalue weighted by Crippen LogP contribution is -2.05. The van der Waals surface area contributed by atoms with E-state index in [1.54, 1.807) is 12.1 Å². The number of aromatic nitrogens is 1. The minimum Gasteiger partial charge on any atom is -0.508 e. The van der Waals surface area contributed by atoms with Gasteiger partial charge in [-0.2, -0.15) is 0 Å². The van der Waals surface area contributed by atoms with Crippen LogP contribution in [-0.2, 0) is 0 Å². The van der Waals surface area contributed by atoms with Gasteiger partial charge in [0.25, 0.3) is 0 Å². The maximum atomic E-state index is 9.39. The molecule has 1 atom stereocenters. The summed E-state index contributed by atoms with van der Waals surface area (Å²) in [7, 11) is 0. The Kier molecular flexibility index (Phi) is 1.97. The average Bonchev–Trinajstić information content (AvgIpc) is 2.40. The number of aromatic hydroxyl groups is 1. The Labute approximate surface area is 82.6 Å². The quantitative estimate of drug-likeness (QED) is 0.645. The fourth-order valence-electron chi connectivity index (χ4n) is 1.92. The van der Waals surface area contributed by atoms with Crippen LogP contribution in [0.25, 0.3) is 10.9 Å². The number of rotatable bonds is 1. The number of hydrogen-bond acceptors (Lipinski definition) is 2. The third-order valence-electron chi connectivity index (χ3n) is 2.47. The van der Waals surface area contributed by atoms with E-state index in [-0.39, 0.29) is 11.8 Å². The van der Waals surface area contributed by atoms with Crippen LogP contribution in [0.5, 0.6) is 5.75 Å². The molecule has 0 fully saturated rings. The van der Waals surface area contributed by atoms with Gasteiger partial charge in [0.05, 0.1) is 0 Å². The fourth-order valence-corrected chi connectivity index (χ4v) is 1.92. The van der Waals surface area contributed by atoms with Crippen LogP contribution in [-0.4, -0.2) is 10.1 Å². The van der Waals surface area contributed by atoms with Crippen molar-refractivity contribution < 1.29 is 5.11 Å². The lowest BCUT2D eigenvalue weighted by molar-refractivity contribution is 0.476. The lowest BCUT2D eigenvalue weighted by Gasteiger charge is -2.04. The fraction of sp³-hybridized carbons (Fsp3) is 0.273. The summed E-state index contributed by atoms with van der Waals surface area (Å²) in [6, 6.07) is 5.26. The van der Waals surface area contributed by atoms with Crippen molar-refractivity contribution in [1.29, 1.82) is 0 Å². The van der Waals surface area contributed by atoms with Crippen LogP contribution >= 0.6 is 0 Å². The number of phenolic OH excluding ortho intramolecular Hbond substituents is 1. The van der Waals surface area contributed by atoms with Gasteiger partial charge in [-0.05, 0) is 37.6 Å². The molecule has 0 saturated heterocycles. The average molecular weight is 190 g/mol. The number of nitrogens with one attached hydrogen (secondary N) is 1. The summed E-state index contributed by atoms with van der Waals surface area (Å²) in [4.78, 5) is 3.24. The number of phenols is 1. The van der Waals surface area contributed by atoms with E-state index in [0.29, 0.717) is 0 Å². The largest absolute Gasteiger partial charge is 0.508 e. The van der Waals surface area contributed by atoms with E-state index >= 15 is 0 Å². The van der Waals surface area contributed by atoms with Gasteiger partial charge in [-0.25, -0.2) is 0 Å². The summed E-state index contributed by atoms with van der Waals surface area (Å²) >= 11 is 0. The number of fused-ring (bicyclic) bond motifs is 1. The molecule has 1 aromatic heterocycles. The van der Waals surface area contributed by atoms with E-state index in [1.165, 1.54) is 0 Å². The normalized spacial score (nSPS) is 13.4. The van der Waals surface area contributed by atoms with Gasteiger partial charge < -0.3 is 15.8 Å². The molecule has 0 saturated carbocycles. The number of H-pyrrole nitrogens is 1. The molecule has 0 radical (unpaired) electrons.